The number of aromatic nitrogens is 3. The molecular formula is C27H31N5O. The summed E-state index contributed by atoms with van der Waals surface area (Å²) in [6.07, 6.45) is 11.6. The van der Waals surface area contributed by atoms with Gasteiger partial charge < -0.3 is 10.2 Å². The Morgan fingerprint density at radius 2 is 1.79 bits per heavy atom. The SMILES string of the molecule is CC1CCN(c2ncc(C(=O)Nc3cccnc3)c(C3(c4ccccc4)CCCC3)n2)CC1. The van der Waals surface area contributed by atoms with Crippen molar-refractivity contribution in [3.8, 4) is 0 Å². The van der Waals surface area contributed by atoms with Crippen molar-refractivity contribution in [1.82, 2.24) is 15.0 Å². The number of piperidine rings is 1. The molecule has 2 aromatic heterocycles. The summed E-state index contributed by atoms with van der Waals surface area (Å²) in [6, 6.07) is 14.2. The second-order valence-corrected chi connectivity index (χ2v) is 9.45. The Morgan fingerprint density at radius 1 is 1.03 bits per heavy atom. The van der Waals surface area contributed by atoms with Crippen LogP contribution < -0.4 is 10.2 Å². The van der Waals surface area contributed by atoms with Gasteiger partial charge in [-0.15, -0.1) is 0 Å². The first-order valence-electron chi connectivity index (χ1n) is 12.0. The van der Waals surface area contributed by atoms with Gasteiger partial charge in [-0.1, -0.05) is 50.1 Å². The van der Waals surface area contributed by atoms with Crippen LogP contribution >= 0.6 is 0 Å². The van der Waals surface area contributed by atoms with E-state index >= 15 is 0 Å². The molecule has 1 amide bonds. The molecule has 1 saturated carbocycles. The van der Waals surface area contributed by atoms with Crippen molar-refractivity contribution >= 4 is 17.5 Å². The van der Waals surface area contributed by atoms with E-state index in [9.17, 15) is 4.79 Å². The van der Waals surface area contributed by atoms with Gasteiger partial charge in [0.05, 0.1) is 23.1 Å². The molecule has 6 heteroatoms. The van der Waals surface area contributed by atoms with Crippen LogP contribution in [-0.4, -0.2) is 33.9 Å². The number of hydrogen-bond donors (Lipinski definition) is 1. The minimum atomic E-state index is -0.274. The van der Waals surface area contributed by atoms with Crippen molar-refractivity contribution in [2.24, 2.45) is 5.92 Å². The largest absolute Gasteiger partial charge is 0.341 e. The molecule has 0 spiro atoms. The van der Waals surface area contributed by atoms with E-state index in [4.69, 9.17) is 4.98 Å². The Labute approximate surface area is 195 Å². The first-order valence-corrected chi connectivity index (χ1v) is 12.0. The van der Waals surface area contributed by atoms with E-state index in [1.54, 1.807) is 18.6 Å². The van der Waals surface area contributed by atoms with E-state index in [0.29, 0.717) is 11.3 Å². The quantitative estimate of drug-likeness (QED) is 0.588. The van der Waals surface area contributed by atoms with Crippen LogP contribution in [0, 0.1) is 5.92 Å². The van der Waals surface area contributed by atoms with Crippen molar-refractivity contribution in [1.29, 1.82) is 0 Å². The molecule has 1 aliphatic heterocycles. The molecule has 33 heavy (non-hydrogen) atoms. The predicted molar refractivity (Wildman–Crippen MR) is 131 cm³/mol. The predicted octanol–water partition coefficient (Wildman–Crippen LogP) is 5.22. The highest BCUT2D eigenvalue weighted by Gasteiger charge is 2.42. The lowest BCUT2D eigenvalue weighted by atomic mass is 9.74. The maximum absolute atomic E-state index is 13.5. The molecule has 170 valence electrons. The van der Waals surface area contributed by atoms with E-state index in [-0.39, 0.29) is 11.3 Å². The van der Waals surface area contributed by atoms with Gasteiger partial charge in [0.15, 0.2) is 0 Å². The van der Waals surface area contributed by atoms with Gasteiger partial charge in [-0.2, -0.15) is 0 Å². The fourth-order valence-corrected chi connectivity index (χ4v) is 5.30. The third kappa shape index (κ3) is 4.34. The number of benzene rings is 1. The number of rotatable bonds is 5. The number of anilines is 2. The third-order valence-corrected chi connectivity index (χ3v) is 7.24. The lowest BCUT2D eigenvalue weighted by Gasteiger charge is -2.34. The fourth-order valence-electron chi connectivity index (χ4n) is 5.30. The molecule has 2 aliphatic rings. The minimum absolute atomic E-state index is 0.181. The van der Waals surface area contributed by atoms with E-state index in [1.807, 2.05) is 18.2 Å². The van der Waals surface area contributed by atoms with Gasteiger partial charge in [0.2, 0.25) is 5.95 Å². The van der Waals surface area contributed by atoms with Crippen LogP contribution in [0.3, 0.4) is 0 Å². The van der Waals surface area contributed by atoms with Gasteiger partial charge in [-0.25, -0.2) is 9.97 Å². The standard InChI is InChI=1S/C27H31N5O/c1-20-11-16-32(17-12-20)26-29-19-23(25(33)30-22-10-7-15-28-18-22)24(31-26)27(13-5-6-14-27)21-8-3-2-4-9-21/h2-4,7-10,15,18-20H,5-6,11-14,16-17H2,1H3,(H,30,33). The molecule has 1 aliphatic carbocycles. The zero-order valence-electron chi connectivity index (χ0n) is 19.2. The lowest BCUT2D eigenvalue weighted by Crippen LogP contribution is -2.36. The van der Waals surface area contributed by atoms with Gasteiger partial charge in [0, 0.05) is 30.9 Å². The molecule has 1 N–H and O–H groups in total. The zero-order valence-corrected chi connectivity index (χ0v) is 19.2. The van der Waals surface area contributed by atoms with Crippen LogP contribution in [0.1, 0.15) is 67.1 Å². The van der Waals surface area contributed by atoms with E-state index in [2.05, 4.69) is 51.4 Å². The number of pyridine rings is 1. The van der Waals surface area contributed by atoms with Crippen molar-refractivity contribution in [2.45, 2.75) is 50.9 Å². The molecule has 3 heterocycles. The first kappa shape index (κ1) is 21.6. The van der Waals surface area contributed by atoms with E-state index < -0.39 is 0 Å². The Hall–Kier alpha value is -3.28. The number of carbonyl (C=O) groups excluding carboxylic acids is 1. The summed E-state index contributed by atoms with van der Waals surface area (Å²) < 4.78 is 0. The lowest BCUT2D eigenvalue weighted by molar-refractivity contribution is 0.102. The van der Waals surface area contributed by atoms with E-state index in [0.717, 1.165) is 69.2 Å². The van der Waals surface area contributed by atoms with Gasteiger partial charge in [0.1, 0.15) is 0 Å². The number of hydrogen-bond acceptors (Lipinski definition) is 5. The fraction of sp³-hybridized carbons (Fsp3) is 0.407. The molecule has 1 saturated heterocycles. The van der Waals surface area contributed by atoms with Crippen LogP contribution in [0.5, 0.6) is 0 Å². The monoisotopic (exact) mass is 441 g/mol. The number of amides is 1. The van der Waals surface area contributed by atoms with Gasteiger partial charge in [-0.05, 0) is 49.3 Å². The highest BCUT2D eigenvalue weighted by molar-refractivity contribution is 6.05. The summed E-state index contributed by atoms with van der Waals surface area (Å²) >= 11 is 0. The summed E-state index contributed by atoms with van der Waals surface area (Å²) in [6.45, 7) is 4.22. The van der Waals surface area contributed by atoms with Crippen LogP contribution in [-0.2, 0) is 5.41 Å². The molecule has 0 radical (unpaired) electrons. The Bertz CT molecular complexity index is 1090. The molecule has 5 rings (SSSR count). The van der Waals surface area contributed by atoms with Gasteiger partial charge >= 0.3 is 0 Å². The van der Waals surface area contributed by atoms with Crippen LogP contribution in [0.2, 0.25) is 0 Å². The highest BCUT2D eigenvalue weighted by Crippen LogP contribution is 2.47. The number of carbonyl (C=O) groups is 1. The first-order chi connectivity index (χ1) is 16.2. The molecule has 0 bridgehead atoms. The molecule has 3 aromatic rings. The summed E-state index contributed by atoms with van der Waals surface area (Å²) in [5.74, 6) is 1.30. The van der Waals surface area contributed by atoms with Crippen LogP contribution in [0.25, 0.3) is 0 Å². The highest BCUT2D eigenvalue weighted by atomic mass is 16.1. The molecule has 0 unspecified atom stereocenters. The van der Waals surface area contributed by atoms with Gasteiger partial charge in [0.25, 0.3) is 5.91 Å². The Morgan fingerprint density at radius 3 is 2.48 bits per heavy atom. The summed E-state index contributed by atoms with van der Waals surface area (Å²) in [5, 5.41) is 3.00. The van der Waals surface area contributed by atoms with Crippen molar-refractivity contribution < 1.29 is 4.79 Å². The van der Waals surface area contributed by atoms with Crippen molar-refractivity contribution in [3.05, 3.63) is 77.9 Å². The van der Waals surface area contributed by atoms with Gasteiger partial charge in [-0.3, -0.25) is 9.78 Å². The average Bonchev–Trinajstić information content (AvgIpc) is 3.37. The minimum Gasteiger partial charge on any atom is -0.341 e. The van der Waals surface area contributed by atoms with Crippen molar-refractivity contribution in [2.75, 3.05) is 23.3 Å². The summed E-state index contributed by atoms with van der Waals surface area (Å²) in [4.78, 5) is 29.7. The molecule has 2 fully saturated rings. The molecular weight excluding hydrogens is 410 g/mol. The topological polar surface area (TPSA) is 71.0 Å². The van der Waals surface area contributed by atoms with Crippen LogP contribution in [0.4, 0.5) is 11.6 Å². The normalized spacial score (nSPS) is 18.3. The molecule has 6 nitrogen and oxygen atoms in total. The third-order valence-electron chi connectivity index (χ3n) is 7.24. The molecule has 1 aromatic carbocycles. The zero-order chi connectivity index (χ0) is 22.7. The summed E-state index contributed by atoms with van der Waals surface area (Å²) in [5.41, 5.74) is 3.04. The number of nitrogens with one attached hydrogen (secondary N) is 1. The Kier molecular flexibility index (Phi) is 6.07. The second kappa shape index (κ2) is 9.30. The van der Waals surface area contributed by atoms with Crippen molar-refractivity contribution in [3.63, 3.8) is 0 Å². The maximum Gasteiger partial charge on any atom is 0.259 e. The number of nitrogens with zero attached hydrogens (tertiary/aromatic N) is 4. The summed E-state index contributed by atoms with van der Waals surface area (Å²) in [7, 11) is 0. The average molecular weight is 442 g/mol. The Balaban J connectivity index is 1.59. The maximum atomic E-state index is 13.5. The van der Waals surface area contributed by atoms with E-state index in [1.165, 1.54) is 5.56 Å². The van der Waals surface area contributed by atoms with Crippen LogP contribution in [0.15, 0.2) is 61.1 Å². The molecule has 0 atom stereocenters. The smallest absolute Gasteiger partial charge is 0.259 e. The second-order valence-electron chi connectivity index (χ2n) is 9.45.